The average Bonchev–Trinajstić information content (AvgIpc) is 3.37. The first-order valence-electron chi connectivity index (χ1n) is 10.6. The molecule has 0 spiro atoms. The van der Waals surface area contributed by atoms with Gasteiger partial charge < -0.3 is 9.64 Å². The first kappa shape index (κ1) is 20.9. The zero-order chi connectivity index (χ0) is 22.6. The van der Waals surface area contributed by atoms with Gasteiger partial charge in [0.05, 0.1) is 18.7 Å². The number of nitrogens with zero attached hydrogens (tertiary/aromatic N) is 6. The normalized spacial score (nSPS) is 19.0. The molecule has 1 unspecified atom stereocenters. The van der Waals surface area contributed by atoms with Crippen molar-refractivity contribution in [2.24, 2.45) is 5.92 Å². The first-order chi connectivity index (χ1) is 15.2. The number of ether oxygens (including phenoxy) is 1. The van der Waals surface area contributed by atoms with Crippen LogP contribution in [-0.4, -0.2) is 43.9 Å². The molecule has 2 aliphatic heterocycles. The Hall–Kier alpha value is -2.95. The Morgan fingerprint density at radius 1 is 1.28 bits per heavy atom. The van der Waals surface area contributed by atoms with Crippen molar-refractivity contribution in [2.75, 3.05) is 24.7 Å². The molecule has 0 N–H and O–H groups in total. The summed E-state index contributed by atoms with van der Waals surface area (Å²) < 4.78 is 47.7. The van der Waals surface area contributed by atoms with Crippen molar-refractivity contribution in [2.45, 2.75) is 46.0 Å². The maximum absolute atomic E-state index is 13.1. The zero-order valence-electron chi connectivity index (χ0n) is 17.8. The van der Waals surface area contributed by atoms with E-state index in [0.29, 0.717) is 55.6 Å². The Bertz CT molecular complexity index is 1240. The average molecular weight is 448 g/mol. The Balaban J connectivity index is 1.50. The van der Waals surface area contributed by atoms with Crippen molar-refractivity contribution >= 4 is 11.6 Å². The molecule has 5 rings (SSSR count). The van der Waals surface area contributed by atoms with Crippen molar-refractivity contribution in [3.63, 3.8) is 0 Å². The van der Waals surface area contributed by atoms with Gasteiger partial charge in [-0.2, -0.15) is 18.2 Å². The summed E-state index contributed by atoms with van der Waals surface area (Å²) in [6.07, 6.45) is -2.14. The highest BCUT2D eigenvalue weighted by Crippen LogP contribution is 2.32. The van der Waals surface area contributed by atoms with E-state index in [4.69, 9.17) is 4.74 Å². The van der Waals surface area contributed by atoms with Crippen LogP contribution in [0.3, 0.4) is 0 Å². The number of rotatable bonds is 3. The maximum atomic E-state index is 13.1. The summed E-state index contributed by atoms with van der Waals surface area (Å²) in [6.45, 7) is 6.30. The van der Waals surface area contributed by atoms with Gasteiger partial charge in [-0.3, -0.25) is 4.98 Å². The molecular formula is C21H23F3N6O2. The lowest BCUT2D eigenvalue weighted by Crippen LogP contribution is -2.33. The van der Waals surface area contributed by atoms with Gasteiger partial charge in [0.2, 0.25) is 0 Å². The number of anilines is 1. The maximum Gasteiger partial charge on any atom is 0.417 e. The van der Waals surface area contributed by atoms with Gasteiger partial charge in [0.1, 0.15) is 5.82 Å². The quantitative estimate of drug-likeness (QED) is 0.613. The number of pyridine rings is 1. The minimum absolute atomic E-state index is 0.241. The van der Waals surface area contributed by atoms with Crippen LogP contribution in [0.4, 0.5) is 19.0 Å². The molecule has 3 aromatic heterocycles. The van der Waals surface area contributed by atoms with Crippen molar-refractivity contribution in [3.05, 3.63) is 50.8 Å². The monoisotopic (exact) mass is 448 g/mol. The molecule has 32 heavy (non-hydrogen) atoms. The van der Waals surface area contributed by atoms with E-state index in [9.17, 15) is 18.0 Å². The predicted molar refractivity (Wildman–Crippen MR) is 110 cm³/mol. The van der Waals surface area contributed by atoms with Gasteiger partial charge >= 0.3 is 11.9 Å². The molecule has 0 radical (unpaired) electrons. The van der Waals surface area contributed by atoms with Crippen LogP contribution in [0.2, 0.25) is 0 Å². The van der Waals surface area contributed by atoms with Gasteiger partial charge in [-0.05, 0) is 31.9 Å². The summed E-state index contributed by atoms with van der Waals surface area (Å²) >= 11 is 0. The summed E-state index contributed by atoms with van der Waals surface area (Å²) in [6, 6.07) is 1.16. The zero-order valence-corrected chi connectivity index (χ0v) is 17.8. The number of halogens is 3. The molecule has 5 heterocycles. The SMILES string of the molecule is Cc1c(N2CCc3ncc(C(F)(F)F)cc3C2)nc2nn(CC3CCOC3)c(=O)n2c1C. The Morgan fingerprint density at radius 2 is 2.09 bits per heavy atom. The van der Waals surface area contributed by atoms with Crippen LogP contribution in [0.25, 0.3) is 5.78 Å². The summed E-state index contributed by atoms with van der Waals surface area (Å²) in [4.78, 5) is 23.5. The Morgan fingerprint density at radius 3 is 2.81 bits per heavy atom. The lowest BCUT2D eigenvalue weighted by molar-refractivity contribution is -0.137. The molecule has 0 saturated carbocycles. The number of hydrogen-bond acceptors (Lipinski definition) is 6. The molecule has 1 fully saturated rings. The van der Waals surface area contributed by atoms with E-state index in [2.05, 4.69) is 15.1 Å². The fourth-order valence-corrected chi connectivity index (χ4v) is 4.43. The number of fused-ring (bicyclic) bond motifs is 2. The van der Waals surface area contributed by atoms with E-state index < -0.39 is 11.7 Å². The van der Waals surface area contributed by atoms with Crippen molar-refractivity contribution in [1.82, 2.24) is 24.1 Å². The molecule has 170 valence electrons. The summed E-state index contributed by atoms with van der Waals surface area (Å²) in [5.74, 6) is 1.16. The Kier molecular flexibility index (Phi) is 4.95. The van der Waals surface area contributed by atoms with E-state index in [0.717, 1.165) is 29.9 Å². The van der Waals surface area contributed by atoms with Crippen LogP contribution in [0.5, 0.6) is 0 Å². The number of aryl methyl sites for hydroxylation is 1. The number of alkyl halides is 3. The highest BCUT2D eigenvalue weighted by atomic mass is 19.4. The number of hydrogen-bond donors (Lipinski definition) is 0. The topological polar surface area (TPSA) is 77.6 Å². The molecule has 1 saturated heterocycles. The highest BCUT2D eigenvalue weighted by Gasteiger charge is 2.33. The second-order valence-corrected chi connectivity index (χ2v) is 8.47. The van der Waals surface area contributed by atoms with E-state index in [-0.39, 0.29) is 18.2 Å². The molecule has 11 heteroatoms. The molecule has 0 aliphatic carbocycles. The molecule has 0 aromatic carbocycles. The fraction of sp³-hybridized carbons (Fsp3) is 0.524. The van der Waals surface area contributed by atoms with Crippen LogP contribution in [0, 0.1) is 19.8 Å². The van der Waals surface area contributed by atoms with Gasteiger partial charge in [-0.25, -0.2) is 13.9 Å². The van der Waals surface area contributed by atoms with Crippen LogP contribution in [0.1, 0.15) is 34.5 Å². The Labute approximate surface area is 181 Å². The van der Waals surface area contributed by atoms with E-state index >= 15 is 0 Å². The first-order valence-corrected chi connectivity index (χ1v) is 10.6. The van der Waals surface area contributed by atoms with Crippen LogP contribution in [0.15, 0.2) is 17.1 Å². The third kappa shape index (κ3) is 3.54. The minimum Gasteiger partial charge on any atom is -0.381 e. The van der Waals surface area contributed by atoms with Crippen molar-refractivity contribution in [3.8, 4) is 0 Å². The smallest absolute Gasteiger partial charge is 0.381 e. The summed E-state index contributed by atoms with van der Waals surface area (Å²) in [5.41, 5.74) is 1.73. The molecule has 1 atom stereocenters. The van der Waals surface area contributed by atoms with E-state index in [1.54, 1.807) is 0 Å². The third-order valence-corrected chi connectivity index (χ3v) is 6.36. The molecule has 3 aromatic rings. The van der Waals surface area contributed by atoms with Crippen molar-refractivity contribution in [1.29, 1.82) is 0 Å². The summed E-state index contributed by atoms with van der Waals surface area (Å²) in [5, 5.41) is 4.44. The van der Waals surface area contributed by atoms with Crippen molar-refractivity contribution < 1.29 is 17.9 Å². The second-order valence-electron chi connectivity index (χ2n) is 8.47. The van der Waals surface area contributed by atoms with Gasteiger partial charge in [-0.15, -0.1) is 5.10 Å². The molecule has 8 nitrogen and oxygen atoms in total. The highest BCUT2D eigenvalue weighted by molar-refractivity contribution is 5.55. The van der Waals surface area contributed by atoms with Crippen LogP contribution >= 0.6 is 0 Å². The second kappa shape index (κ2) is 7.58. The van der Waals surface area contributed by atoms with E-state index in [1.165, 1.54) is 9.08 Å². The standard InChI is InChI=1S/C21H23F3N6O2/c1-12-13(2)30-19(27-29(20(30)31)9-14-4-6-32-11-14)26-18(12)28-5-3-17-15(10-28)7-16(8-25-17)21(22,23)24/h7-8,14H,3-6,9-11H2,1-2H3. The van der Waals surface area contributed by atoms with Gasteiger partial charge in [0.25, 0.3) is 5.78 Å². The molecule has 0 bridgehead atoms. The van der Waals surface area contributed by atoms with Gasteiger partial charge in [0.15, 0.2) is 0 Å². The summed E-state index contributed by atoms with van der Waals surface area (Å²) in [7, 11) is 0. The van der Waals surface area contributed by atoms with Crippen LogP contribution < -0.4 is 10.6 Å². The number of aromatic nitrogens is 5. The lowest BCUT2D eigenvalue weighted by Gasteiger charge is -2.31. The molecular weight excluding hydrogens is 425 g/mol. The lowest BCUT2D eigenvalue weighted by atomic mass is 10.0. The minimum atomic E-state index is -4.44. The van der Waals surface area contributed by atoms with Gasteiger partial charge in [-0.1, -0.05) is 0 Å². The largest absolute Gasteiger partial charge is 0.417 e. The molecule has 0 amide bonds. The third-order valence-electron chi connectivity index (χ3n) is 6.36. The molecule has 2 aliphatic rings. The fourth-order valence-electron chi connectivity index (χ4n) is 4.43. The van der Waals surface area contributed by atoms with Crippen LogP contribution in [-0.2, 0) is 30.4 Å². The van der Waals surface area contributed by atoms with E-state index in [1.807, 2.05) is 18.7 Å². The van der Waals surface area contributed by atoms with Gasteiger partial charge in [0, 0.05) is 55.2 Å². The predicted octanol–water partition coefficient (Wildman–Crippen LogP) is 2.52.